The fourth-order valence-corrected chi connectivity index (χ4v) is 5.63. The molecule has 1 heterocycles. The summed E-state index contributed by atoms with van der Waals surface area (Å²) < 4.78 is 7.68. The first-order chi connectivity index (χ1) is 20.2. The monoisotopic (exact) mass is 651 g/mol. The summed E-state index contributed by atoms with van der Waals surface area (Å²) in [5, 5.41) is 19.6. The van der Waals surface area contributed by atoms with Gasteiger partial charge in [-0.1, -0.05) is 65.0 Å². The Labute approximate surface area is 254 Å². The minimum Gasteiger partial charge on any atom is -0.476 e. The number of nitrogens with zero attached hydrogens (tertiary/aromatic N) is 4. The number of amides is 1. The van der Waals surface area contributed by atoms with Crippen LogP contribution in [0, 0.1) is 17.0 Å². The normalized spacial score (nSPS) is 13.9. The van der Waals surface area contributed by atoms with Gasteiger partial charge in [0.2, 0.25) is 5.75 Å². The van der Waals surface area contributed by atoms with Crippen LogP contribution in [0.3, 0.4) is 0 Å². The summed E-state index contributed by atoms with van der Waals surface area (Å²) in [5.41, 5.74) is 1.35. The fraction of sp³-hybridized carbons (Fsp3) is 0.267. The molecule has 4 aromatic rings. The molecule has 5 rings (SSSR count). The van der Waals surface area contributed by atoms with Crippen molar-refractivity contribution in [3.63, 3.8) is 0 Å². The summed E-state index contributed by atoms with van der Waals surface area (Å²) in [7, 11) is 0. The number of rotatable bonds is 8. The third-order valence-corrected chi connectivity index (χ3v) is 7.85. The molecule has 0 unspecified atom stereocenters. The zero-order chi connectivity index (χ0) is 29.8. The summed E-state index contributed by atoms with van der Waals surface area (Å²) in [6, 6.07) is 15.1. The van der Waals surface area contributed by atoms with Gasteiger partial charge in [0, 0.05) is 32.7 Å². The number of nitro groups is 1. The van der Waals surface area contributed by atoms with Gasteiger partial charge in [-0.25, -0.2) is 4.98 Å². The molecule has 1 N–H and O–H groups in total. The highest BCUT2D eigenvalue weighted by molar-refractivity contribution is 9.10. The maximum atomic E-state index is 13.7. The van der Waals surface area contributed by atoms with Gasteiger partial charge in [0.05, 0.1) is 22.0 Å². The number of fused-ring (bicyclic) bond motifs is 1. The number of carbonyl (C=O) groups is 1. The number of hydrogen-bond acceptors (Lipinski definition) is 7. The molecule has 1 aromatic heterocycles. The number of nitrogens with one attached hydrogen (secondary N) is 1. The van der Waals surface area contributed by atoms with Gasteiger partial charge in [-0.15, -0.1) is 0 Å². The second-order valence-electron chi connectivity index (χ2n) is 10.1. The van der Waals surface area contributed by atoms with Crippen LogP contribution in [0.2, 0.25) is 5.02 Å². The minimum absolute atomic E-state index is 0.0335. The molecule has 3 aromatic carbocycles. The van der Waals surface area contributed by atoms with Crippen LogP contribution in [0.15, 0.2) is 69.0 Å². The number of aryl methyl sites for hydroxylation is 1. The maximum absolute atomic E-state index is 13.7. The number of halogens is 2. The molecule has 1 saturated carbocycles. The van der Waals surface area contributed by atoms with Gasteiger partial charge in [0.15, 0.2) is 6.61 Å². The number of aromatic nitrogens is 2. The quantitative estimate of drug-likeness (QED) is 0.124. The fourth-order valence-electron chi connectivity index (χ4n) is 5.05. The average molecular weight is 653 g/mol. The molecule has 216 valence electrons. The molecule has 10 nitrogen and oxygen atoms in total. The lowest BCUT2D eigenvalue weighted by molar-refractivity contribution is -0.385. The van der Waals surface area contributed by atoms with Gasteiger partial charge in [-0.2, -0.15) is 9.78 Å². The first-order valence-corrected chi connectivity index (χ1v) is 14.6. The van der Waals surface area contributed by atoms with E-state index < -0.39 is 23.1 Å². The largest absolute Gasteiger partial charge is 0.476 e. The molecule has 0 atom stereocenters. The zero-order valence-corrected chi connectivity index (χ0v) is 25.0. The van der Waals surface area contributed by atoms with E-state index in [1.807, 2.05) is 25.1 Å². The molecule has 42 heavy (non-hydrogen) atoms. The van der Waals surface area contributed by atoms with Crippen molar-refractivity contribution in [1.82, 2.24) is 9.66 Å². The Kier molecular flexibility index (Phi) is 8.98. The number of para-hydroxylation sites is 1. The summed E-state index contributed by atoms with van der Waals surface area (Å²) in [6.07, 6.45) is 6.19. The van der Waals surface area contributed by atoms with Gasteiger partial charge in [-0.05, 0) is 55.7 Å². The first-order valence-electron chi connectivity index (χ1n) is 13.4. The smallest absolute Gasteiger partial charge is 0.313 e. The van der Waals surface area contributed by atoms with Crippen LogP contribution in [0.4, 0.5) is 11.4 Å². The van der Waals surface area contributed by atoms with Gasteiger partial charge >= 0.3 is 5.69 Å². The lowest BCUT2D eigenvalue weighted by Crippen LogP contribution is -2.25. The Morgan fingerprint density at radius 2 is 1.98 bits per heavy atom. The van der Waals surface area contributed by atoms with Crippen LogP contribution < -0.4 is 15.6 Å². The van der Waals surface area contributed by atoms with Gasteiger partial charge < -0.3 is 10.1 Å². The number of carbonyl (C=O) groups excluding carboxylic acids is 1. The molecular formula is C30H27BrClN5O5. The topological polar surface area (TPSA) is 129 Å². The van der Waals surface area contributed by atoms with Gasteiger partial charge in [-0.3, -0.25) is 19.7 Å². The number of nitro benzene ring substituents is 1. The van der Waals surface area contributed by atoms with Crippen LogP contribution in [-0.4, -0.2) is 33.3 Å². The third kappa shape index (κ3) is 6.52. The summed E-state index contributed by atoms with van der Waals surface area (Å²) in [5.74, 6) is -0.137. The number of anilines is 1. The molecule has 0 saturated heterocycles. The van der Waals surface area contributed by atoms with Crippen LogP contribution in [0.5, 0.6) is 5.75 Å². The number of benzene rings is 3. The highest BCUT2D eigenvalue weighted by Gasteiger charge is 2.24. The molecule has 1 amide bonds. The minimum atomic E-state index is -0.646. The predicted molar refractivity (Wildman–Crippen MR) is 166 cm³/mol. The average Bonchev–Trinajstić information content (AvgIpc) is 2.97. The molecule has 1 aliphatic carbocycles. The molecule has 1 fully saturated rings. The van der Waals surface area contributed by atoms with Crippen molar-refractivity contribution in [2.45, 2.75) is 44.9 Å². The molecule has 0 aliphatic heterocycles. The lowest BCUT2D eigenvalue weighted by Gasteiger charge is -2.22. The van der Waals surface area contributed by atoms with E-state index in [0.29, 0.717) is 22.4 Å². The van der Waals surface area contributed by atoms with E-state index in [2.05, 4.69) is 26.3 Å². The van der Waals surface area contributed by atoms with E-state index in [4.69, 9.17) is 21.3 Å². The molecule has 0 spiro atoms. The second kappa shape index (κ2) is 12.8. The molecule has 1 aliphatic rings. The lowest BCUT2D eigenvalue weighted by atomic mass is 9.88. The summed E-state index contributed by atoms with van der Waals surface area (Å²) >= 11 is 9.64. The van der Waals surface area contributed by atoms with Crippen molar-refractivity contribution in [3.05, 3.63) is 102 Å². The van der Waals surface area contributed by atoms with Crippen LogP contribution in [-0.2, 0) is 4.79 Å². The Morgan fingerprint density at radius 3 is 2.71 bits per heavy atom. The van der Waals surface area contributed by atoms with Crippen molar-refractivity contribution in [2.75, 3.05) is 11.9 Å². The number of ether oxygens (including phenoxy) is 1. The SMILES string of the molecule is Cc1ccccc1NC(=O)COc1c(C=Nn2c(C3CCCCC3)nc3ccc(Br)cc3c2=O)cc(Cl)cc1[N+](=O)[O-]. The van der Waals surface area contributed by atoms with Crippen LogP contribution in [0.25, 0.3) is 10.9 Å². The van der Waals surface area contributed by atoms with Gasteiger partial charge in [0.25, 0.3) is 11.5 Å². The van der Waals surface area contributed by atoms with Crippen LogP contribution >= 0.6 is 27.5 Å². The Bertz CT molecular complexity index is 1770. The second-order valence-corrected chi connectivity index (χ2v) is 11.4. The maximum Gasteiger partial charge on any atom is 0.313 e. The highest BCUT2D eigenvalue weighted by Crippen LogP contribution is 2.35. The molecular weight excluding hydrogens is 626 g/mol. The third-order valence-electron chi connectivity index (χ3n) is 7.14. The van der Waals surface area contributed by atoms with E-state index >= 15 is 0 Å². The number of hydrogen-bond donors (Lipinski definition) is 1. The summed E-state index contributed by atoms with van der Waals surface area (Å²) in [4.78, 5) is 42.4. The van der Waals surface area contributed by atoms with E-state index in [-0.39, 0.29) is 27.8 Å². The Balaban J connectivity index is 1.54. The predicted octanol–water partition coefficient (Wildman–Crippen LogP) is 6.98. The van der Waals surface area contributed by atoms with Crippen molar-refractivity contribution in [2.24, 2.45) is 5.10 Å². The van der Waals surface area contributed by atoms with E-state index in [9.17, 15) is 19.7 Å². The Morgan fingerprint density at radius 1 is 1.21 bits per heavy atom. The van der Waals surface area contributed by atoms with E-state index in [0.717, 1.165) is 48.2 Å². The molecule has 0 radical (unpaired) electrons. The first kappa shape index (κ1) is 29.4. The van der Waals surface area contributed by atoms with E-state index in [1.165, 1.54) is 17.0 Å². The van der Waals surface area contributed by atoms with Crippen molar-refractivity contribution in [1.29, 1.82) is 0 Å². The Hall–Kier alpha value is -4.09. The molecule has 12 heteroatoms. The molecule has 0 bridgehead atoms. The standard InChI is InChI=1S/C30H27BrClN5O5/c1-18-7-5-6-10-24(18)34-27(38)17-42-28-20(13-22(32)15-26(28)37(40)41)16-33-36-29(19-8-3-2-4-9-19)35-25-12-11-21(31)14-23(25)30(36)39/h5-7,10-16,19H,2-4,8-9,17H2,1H3,(H,34,38). The summed E-state index contributed by atoms with van der Waals surface area (Å²) in [6.45, 7) is 1.34. The van der Waals surface area contributed by atoms with Crippen molar-refractivity contribution in [3.8, 4) is 5.75 Å². The van der Waals surface area contributed by atoms with E-state index in [1.54, 1.807) is 24.3 Å². The zero-order valence-electron chi connectivity index (χ0n) is 22.7. The van der Waals surface area contributed by atoms with Gasteiger partial charge in [0.1, 0.15) is 5.82 Å². The van der Waals surface area contributed by atoms with Crippen molar-refractivity contribution >= 4 is 61.9 Å². The van der Waals surface area contributed by atoms with Crippen molar-refractivity contribution < 1.29 is 14.5 Å². The van der Waals surface area contributed by atoms with Crippen LogP contribution in [0.1, 0.15) is 55.0 Å². The highest BCUT2D eigenvalue weighted by atomic mass is 79.9.